The van der Waals surface area contributed by atoms with Crippen LogP contribution in [0.2, 0.25) is 0 Å². The third-order valence-corrected chi connectivity index (χ3v) is 5.03. The van der Waals surface area contributed by atoms with E-state index in [1.165, 1.54) is 0 Å². The summed E-state index contributed by atoms with van der Waals surface area (Å²) >= 11 is 0. The Hall–Kier alpha value is -3.08. The number of carbonyl (C=O) groups excluding carboxylic acids is 1. The van der Waals surface area contributed by atoms with Crippen LogP contribution >= 0.6 is 0 Å². The van der Waals surface area contributed by atoms with Crippen LogP contribution in [-0.4, -0.2) is 33.1 Å². The monoisotopic (exact) mass is 360 g/mol. The number of hydrogen-bond donors (Lipinski definition) is 0. The highest BCUT2D eigenvalue weighted by Crippen LogP contribution is 2.26. The molecular formula is C22H24N4O. The number of benzene rings is 2. The predicted molar refractivity (Wildman–Crippen MR) is 107 cm³/mol. The fourth-order valence-corrected chi connectivity index (χ4v) is 3.74. The van der Waals surface area contributed by atoms with Crippen molar-refractivity contribution < 1.29 is 4.79 Å². The number of imidazole rings is 1. The second kappa shape index (κ2) is 7.66. The van der Waals surface area contributed by atoms with E-state index in [4.69, 9.17) is 0 Å². The fraction of sp³-hybridized carbons (Fsp3) is 0.273. The van der Waals surface area contributed by atoms with E-state index in [0.29, 0.717) is 0 Å². The van der Waals surface area contributed by atoms with Crippen LogP contribution in [0, 0.1) is 0 Å². The molecule has 2 aromatic carbocycles. The minimum atomic E-state index is 0.0845. The molecule has 0 saturated carbocycles. The molecule has 3 aromatic rings. The number of nitrogens with zero attached hydrogens (tertiary/aromatic N) is 4. The van der Waals surface area contributed by atoms with Gasteiger partial charge in [0.15, 0.2) is 0 Å². The summed E-state index contributed by atoms with van der Waals surface area (Å²) in [4.78, 5) is 17.7. The van der Waals surface area contributed by atoms with Crippen LogP contribution in [-0.2, 0) is 11.3 Å². The van der Waals surface area contributed by atoms with Crippen LogP contribution in [0.5, 0.6) is 0 Å². The Morgan fingerprint density at radius 3 is 2.52 bits per heavy atom. The molecule has 1 amide bonds. The van der Waals surface area contributed by atoms with Crippen molar-refractivity contribution in [1.82, 2.24) is 14.6 Å². The van der Waals surface area contributed by atoms with E-state index < -0.39 is 0 Å². The zero-order valence-electron chi connectivity index (χ0n) is 15.5. The van der Waals surface area contributed by atoms with Crippen LogP contribution in [0.1, 0.15) is 19.8 Å². The Morgan fingerprint density at radius 1 is 1.07 bits per heavy atom. The first-order valence-electron chi connectivity index (χ1n) is 9.45. The highest BCUT2D eigenvalue weighted by molar-refractivity contribution is 5.79. The van der Waals surface area contributed by atoms with Gasteiger partial charge in [0.05, 0.1) is 11.7 Å². The number of hydrogen-bond acceptors (Lipinski definition) is 3. The molecule has 1 aliphatic heterocycles. The molecule has 5 nitrogen and oxygen atoms in total. The van der Waals surface area contributed by atoms with Crippen molar-refractivity contribution in [3.63, 3.8) is 0 Å². The molecular weight excluding hydrogens is 336 g/mol. The van der Waals surface area contributed by atoms with Crippen molar-refractivity contribution in [3.8, 4) is 11.4 Å². The molecule has 4 rings (SSSR count). The Balaban J connectivity index is 1.59. The molecule has 0 spiro atoms. The van der Waals surface area contributed by atoms with E-state index in [1.54, 1.807) is 6.20 Å². The molecule has 1 atom stereocenters. The Bertz CT molecular complexity index is 891. The van der Waals surface area contributed by atoms with E-state index in [2.05, 4.69) is 29.0 Å². The zero-order chi connectivity index (χ0) is 18.6. The normalized spacial score (nSPS) is 17.1. The molecule has 0 aliphatic carbocycles. The molecule has 0 bridgehead atoms. The Morgan fingerprint density at radius 2 is 1.78 bits per heavy atom. The summed E-state index contributed by atoms with van der Waals surface area (Å²) in [6, 6.07) is 20.3. The van der Waals surface area contributed by atoms with Gasteiger partial charge in [0.2, 0.25) is 0 Å². The number of hydrazine groups is 1. The SMILES string of the molecule is C[C@@H]1CCCN(c2ccccc2)N1C(=O)Cn1ccnc1-c1ccccc1. The maximum atomic E-state index is 13.3. The highest BCUT2D eigenvalue weighted by atomic mass is 16.2. The van der Waals surface area contributed by atoms with Crippen LogP contribution < -0.4 is 5.01 Å². The van der Waals surface area contributed by atoms with Gasteiger partial charge in [-0.3, -0.25) is 9.80 Å². The van der Waals surface area contributed by atoms with Crippen LogP contribution in [0.15, 0.2) is 73.1 Å². The number of rotatable bonds is 4. The van der Waals surface area contributed by atoms with Crippen molar-refractivity contribution in [2.75, 3.05) is 11.6 Å². The summed E-state index contributed by atoms with van der Waals surface area (Å²) in [7, 11) is 0. The lowest BCUT2D eigenvalue weighted by molar-refractivity contribution is -0.135. The third-order valence-electron chi connectivity index (χ3n) is 5.03. The standard InChI is InChI=1S/C22H24N4O/c1-18-9-8-15-25(20-12-6-3-7-13-20)26(18)21(27)17-24-16-14-23-22(24)19-10-4-2-5-11-19/h2-7,10-14,16,18H,8-9,15,17H2,1H3/t18-/m1/s1. The summed E-state index contributed by atoms with van der Waals surface area (Å²) in [6.07, 6.45) is 5.73. The smallest absolute Gasteiger partial charge is 0.261 e. The molecule has 27 heavy (non-hydrogen) atoms. The number of carbonyl (C=O) groups is 1. The largest absolute Gasteiger partial charge is 0.321 e. The summed E-state index contributed by atoms with van der Waals surface area (Å²) < 4.78 is 1.93. The quantitative estimate of drug-likeness (QED) is 0.707. The van der Waals surface area contributed by atoms with Crippen molar-refractivity contribution >= 4 is 11.6 Å². The molecule has 0 unspecified atom stereocenters. The van der Waals surface area contributed by atoms with Gasteiger partial charge < -0.3 is 4.57 Å². The second-order valence-electron chi connectivity index (χ2n) is 6.93. The van der Waals surface area contributed by atoms with Gasteiger partial charge in [-0.25, -0.2) is 9.99 Å². The average Bonchev–Trinajstić information content (AvgIpc) is 3.17. The predicted octanol–water partition coefficient (Wildman–Crippen LogP) is 3.98. The molecule has 1 saturated heterocycles. The summed E-state index contributed by atoms with van der Waals surface area (Å²) in [5, 5.41) is 4.04. The lowest BCUT2D eigenvalue weighted by Crippen LogP contribution is -2.56. The van der Waals surface area contributed by atoms with Gasteiger partial charge in [-0.15, -0.1) is 0 Å². The maximum absolute atomic E-state index is 13.3. The first-order chi connectivity index (χ1) is 13.2. The minimum Gasteiger partial charge on any atom is -0.321 e. The molecule has 138 valence electrons. The topological polar surface area (TPSA) is 41.4 Å². The van der Waals surface area contributed by atoms with Gasteiger partial charge in [-0.2, -0.15) is 0 Å². The Labute approximate surface area is 159 Å². The number of para-hydroxylation sites is 1. The van der Waals surface area contributed by atoms with Crippen LogP contribution in [0.25, 0.3) is 11.4 Å². The fourth-order valence-electron chi connectivity index (χ4n) is 3.74. The third kappa shape index (κ3) is 3.58. The molecule has 5 heteroatoms. The molecule has 0 N–H and O–H groups in total. The number of aromatic nitrogens is 2. The summed E-state index contributed by atoms with van der Waals surface area (Å²) in [5.41, 5.74) is 2.08. The second-order valence-corrected chi connectivity index (χ2v) is 6.93. The summed E-state index contributed by atoms with van der Waals surface area (Å²) in [5.74, 6) is 0.904. The van der Waals surface area contributed by atoms with Crippen molar-refractivity contribution in [1.29, 1.82) is 0 Å². The van der Waals surface area contributed by atoms with Gasteiger partial charge in [-0.05, 0) is 31.9 Å². The lowest BCUT2D eigenvalue weighted by Gasteiger charge is -2.44. The van der Waals surface area contributed by atoms with Crippen molar-refractivity contribution in [2.45, 2.75) is 32.4 Å². The van der Waals surface area contributed by atoms with E-state index in [-0.39, 0.29) is 18.5 Å². The minimum absolute atomic E-state index is 0.0845. The highest BCUT2D eigenvalue weighted by Gasteiger charge is 2.30. The van der Waals surface area contributed by atoms with Crippen LogP contribution in [0.4, 0.5) is 5.69 Å². The molecule has 1 aliphatic rings. The Kier molecular flexibility index (Phi) is 4.92. The first kappa shape index (κ1) is 17.3. The molecule has 1 fully saturated rings. The summed E-state index contributed by atoms with van der Waals surface area (Å²) in [6.45, 7) is 3.26. The van der Waals surface area contributed by atoms with E-state index in [0.717, 1.165) is 36.5 Å². The molecule has 2 heterocycles. The van der Waals surface area contributed by atoms with Crippen LogP contribution in [0.3, 0.4) is 0 Å². The molecule has 0 radical (unpaired) electrons. The van der Waals surface area contributed by atoms with Crippen molar-refractivity contribution in [3.05, 3.63) is 73.1 Å². The van der Waals surface area contributed by atoms with Gasteiger partial charge in [0.25, 0.3) is 5.91 Å². The van der Waals surface area contributed by atoms with Gasteiger partial charge in [0.1, 0.15) is 12.4 Å². The van der Waals surface area contributed by atoms with E-state index >= 15 is 0 Å². The first-order valence-corrected chi connectivity index (χ1v) is 9.45. The van der Waals surface area contributed by atoms with Gasteiger partial charge >= 0.3 is 0 Å². The molecule has 1 aromatic heterocycles. The zero-order valence-corrected chi connectivity index (χ0v) is 15.5. The lowest BCUT2D eigenvalue weighted by atomic mass is 10.1. The van der Waals surface area contributed by atoms with Gasteiger partial charge in [-0.1, -0.05) is 48.5 Å². The van der Waals surface area contributed by atoms with Gasteiger partial charge in [0, 0.05) is 24.5 Å². The average molecular weight is 360 g/mol. The maximum Gasteiger partial charge on any atom is 0.261 e. The number of amides is 1. The number of anilines is 1. The van der Waals surface area contributed by atoms with E-state index in [1.807, 2.05) is 64.3 Å². The van der Waals surface area contributed by atoms with E-state index in [9.17, 15) is 4.79 Å². The van der Waals surface area contributed by atoms with Crippen molar-refractivity contribution in [2.24, 2.45) is 0 Å².